The molecule has 1 rings (SSSR count). The second-order valence-electron chi connectivity index (χ2n) is 3.77. The molecule has 0 aliphatic heterocycles. The summed E-state index contributed by atoms with van der Waals surface area (Å²) >= 11 is 0. The minimum Gasteiger partial charge on any atom is -0.370 e. The summed E-state index contributed by atoms with van der Waals surface area (Å²) in [5.74, 6) is -0.0915. The van der Waals surface area contributed by atoms with E-state index >= 15 is 0 Å². The standard InChI is InChI=1S/C11H17N5/c1-7-4-8(2)6-9(5-7)16(3)11(14)15-10(12)13/h4-6H,1-3H3,(H5,12,13,14,15). The van der Waals surface area contributed by atoms with E-state index in [-0.39, 0.29) is 11.9 Å². The lowest BCUT2D eigenvalue weighted by atomic mass is 10.1. The fraction of sp³-hybridized carbons (Fsp3) is 0.273. The molecule has 0 bridgehead atoms. The van der Waals surface area contributed by atoms with Crippen molar-refractivity contribution in [3.05, 3.63) is 29.3 Å². The van der Waals surface area contributed by atoms with E-state index in [4.69, 9.17) is 16.9 Å². The van der Waals surface area contributed by atoms with Crippen LogP contribution in [0.4, 0.5) is 5.69 Å². The Morgan fingerprint density at radius 3 is 2.12 bits per heavy atom. The number of hydrogen-bond donors (Lipinski definition) is 3. The average Bonchev–Trinajstić information content (AvgIpc) is 2.13. The molecule has 0 spiro atoms. The molecule has 86 valence electrons. The van der Waals surface area contributed by atoms with Gasteiger partial charge in [0.2, 0.25) is 5.96 Å². The summed E-state index contributed by atoms with van der Waals surface area (Å²) in [5, 5.41) is 7.68. The van der Waals surface area contributed by atoms with Crippen molar-refractivity contribution >= 4 is 17.6 Å². The van der Waals surface area contributed by atoms with Crippen LogP contribution in [0.2, 0.25) is 0 Å². The lowest BCUT2D eigenvalue weighted by molar-refractivity contribution is 1.18. The number of nitrogens with one attached hydrogen (secondary N) is 1. The molecule has 16 heavy (non-hydrogen) atoms. The highest BCUT2D eigenvalue weighted by atomic mass is 15.3. The third-order valence-corrected chi connectivity index (χ3v) is 2.15. The summed E-state index contributed by atoms with van der Waals surface area (Å²) in [5.41, 5.74) is 13.6. The Hall–Kier alpha value is -2.04. The maximum atomic E-state index is 7.68. The van der Waals surface area contributed by atoms with Gasteiger partial charge in [0, 0.05) is 12.7 Å². The van der Waals surface area contributed by atoms with Crippen LogP contribution in [0, 0.1) is 19.3 Å². The normalized spacial score (nSPS) is 9.69. The number of rotatable bonds is 1. The predicted molar refractivity (Wildman–Crippen MR) is 67.9 cm³/mol. The molecule has 0 radical (unpaired) electrons. The number of nitrogens with two attached hydrogens (primary N) is 2. The van der Waals surface area contributed by atoms with Crippen molar-refractivity contribution < 1.29 is 0 Å². The van der Waals surface area contributed by atoms with Gasteiger partial charge in [0.15, 0.2) is 5.96 Å². The molecule has 0 heterocycles. The molecule has 0 aliphatic rings. The van der Waals surface area contributed by atoms with Crippen molar-refractivity contribution in [2.24, 2.45) is 16.5 Å². The summed E-state index contributed by atoms with van der Waals surface area (Å²) in [6.07, 6.45) is 0. The van der Waals surface area contributed by atoms with Gasteiger partial charge in [-0.05, 0) is 37.1 Å². The third-order valence-electron chi connectivity index (χ3n) is 2.15. The summed E-state index contributed by atoms with van der Waals surface area (Å²) in [7, 11) is 1.75. The second kappa shape index (κ2) is 4.65. The number of aryl methyl sites for hydroxylation is 2. The van der Waals surface area contributed by atoms with E-state index < -0.39 is 0 Å². The Labute approximate surface area is 95.3 Å². The summed E-state index contributed by atoms with van der Waals surface area (Å²) in [6, 6.07) is 6.02. The highest BCUT2D eigenvalue weighted by Crippen LogP contribution is 2.17. The lowest BCUT2D eigenvalue weighted by Gasteiger charge is -2.18. The maximum absolute atomic E-state index is 7.68. The molecule has 0 aromatic heterocycles. The van der Waals surface area contributed by atoms with Gasteiger partial charge in [0.25, 0.3) is 0 Å². The Bertz CT molecular complexity index is 412. The van der Waals surface area contributed by atoms with Gasteiger partial charge in [-0.2, -0.15) is 4.99 Å². The first-order chi connectivity index (χ1) is 7.40. The second-order valence-corrected chi connectivity index (χ2v) is 3.77. The largest absolute Gasteiger partial charge is 0.370 e. The van der Waals surface area contributed by atoms with Crippen LogP contribution < -0.4 is 16.4 Å². The third kappa shape index (κ3) is 2.98. The Kier molecular flexibility index (Phi) is 3.50. The van der Waals surface area contributed by atoms with Gasteiger partial charge in [0.05, 0.1) is 0 Å². The quantitative estimate of drug-likeness (QED) is 0.485. The summed E-state index contributed by atoms with van der Waals surface area (Å²) in [6.45, 7) is 4.02. The van der Waals surface area contributed by atoms with Crippen molar-refractivity contribution in [2.75, 3.05) is 11.9 Å². The first-order valence-corrected chi connectivity index (χ1v) is 4.90. The first kappa shape index (κ1) is 12.0. The number of guanidine groups is 2. The van der Waals surface area contributed by atoms with E-state index in [1.165, 1.54) is 0 Å². The zero-order valence-corrected chi connectivity index (χ0v) is 9.78. The van der Waals surface area contributed by atoms with Gasteiger partial charge in [0.1, 0.15) is 0 Å². The van der Waals surface area contributed by atoms with Crippen LogP contribution >= 0.6 is 0 Å². The summed E-state index contributed by atoms with van der Waals surface area (Å²) < 4.78 is 0. The van der Waals surface area contributed by atoms with E-state index in [1.54, 1.807) is 11.9 Å². The number of nitrogens with zero attached hydrogens (tertiary/aromatic N) is 2. The Balaban J connectivity index is 3.00. The monoisotopic (exact) mass is 219 g/mol. The van der Waals surface area contributed by atoms with Crippen LogP contribution in [0.25, 0.3) is 0 Å². The Morgan fingerprint density at radius 1 is 1.19 bits per heavy atom. The zero-order chi connectivity index (χ0) is 12.3. The molecule has 5 heteroatoms. The molecular weight excluding hydrogens is 202 g/mol. The molecule has 1 aromatic carbocycles. The molecule has 0 saturated heterocycles. The summed E-state index contributed by atoms with van der Waals surface area (Å²) in [4.78, 5) is 5.32. The van der Waals surface area contributed by atoms with E-state index in [9.17, 15) is 0 Å². The van der Waals surface area contributed by atoms with Crippen LogP contribution in [0.1, 0.15) is 11.1 Å². The molecule has 0 saturated carbocycles. The molecule has 1 aromatic rings. The predicted octanol–water partition coefficient (Wildman–Crippen LogP) is 0.948. The average molecular weight is 219 g/mol. The van der Waals surface area contributed by atoms with Crippen LogP contribution in [0.15, 0.2) is 23.2 Å². The molecule has 0 amide bonds. The zero-order valence-electron chi connectivity index (χ0n) is 9.78. The lowest BCUT2D eigenvalue weighted by Crippen LogP contribution is -2.30. The molecule has 5 N–H and O–H groups in total. The van der Waals surface area contributed by atoms with Crippen molar-refractivity contribution in [1.82, 2.24) is 0 Å². The molecule has 0 unspecified atom stereocenters. The van der Waals surface area contributed by atoms with Crippen LogP contribution in [0.5, 0.6) is 0 Å². The minimum absolute atomic E-state index is 0.0185. The minimum atomic E-state index is -0.110. The molecule has 0 atom stereocenters. The van der Waals surface area contributed by atoms with E-state index in [0.29, 0.717) is 0 Å². The highest BCUT2D eigenvalue weighted by molar-refractivity contribution is 6.00. The van der Waals surface area contributed by atoms with Gasteiger partial charge >= 0.3 is 0 Å². The highest BCUT2D eigenvalue weighted by Gasteiger charge is 2.07. The van der Waals surface area contributed by atoms with E-state index in [2.05, 4.69) is 11.1 Å². The van der Waals surface area contributed by atoms with Crippen LogP contribution in [0.3, 0.4) is 0 Å². The smallest absolute Gasteiger partial charge is 0.225 e. The van der Waals surface area contributed by atoms with Crippen molar-refractivity contribution in [3.63, 3.8) is 0 Å². The van der Waals surface area contributed by atoms with Crippen molar-refractivity contribution in [2.45, 2.75) is 13.8 Å². The fourth-order valence-electron chi connectivity index (χ4n) is 1.46. The van der Waals surface area contributed by atoms with Gasteiger partial charge < -0.3 is 16.4 Å². The number of hydrogen-bond acceptors (Lipinski definition) is 1. The topological polar surface area (TPSA) is 91.5 Å². The molecular formula is C11H17N5. The van der Waals surface area contributed by atoms with Crippen molar-refractivity contribution in [3.8, 4) is 0 Å². The molecule has 5 nitrogen and oxygen atoms in total. The van der Waals surface area contributed by atoms with Crippen LogP contribution in [-0.2, 0) is 0 Å². The number of aliphatic imine (C=N–C) groups is 1. The number of anilines is 1. The van der Waals surface area contributed by atoms with Gasteiger partial charge in [-0.1, -0.05) is 6.07 Å². The van der Waals surface area contributed by atoms with Gasteiger partial charge in [-0.3, -0.25) is 5.41 Å². The van der Waals surface area contributed by atoms with E-state index in [0.717, 1.165) is 16.8 Å². The van der Waals surface area contributed by atoms with Crippen molar-refractivity contribution in [1.29, 1.82) is 5.41 Å². The Morgan fingerprint density at radius 2 is 1.69 bits per heavy atom. The molecule has 0 aliphatic carbocycles. The number of benzene rings is 1. The van der Waals surface area contributed by atoms with Crippen LogP contribution in [-0.4, -0.2) is 19.0 Å². The maximum Gasteiger partial charge on any atom is 0.225 e. The molecule has 0 fully saturated rings. The van der Waals surface area contributed by atoms with Gasteiger partial charge in [-0.25, -0.2) is 0 Å². The fourth-order valence-corrected chi connectivity index (χ4v) is 1.46. The van der Waals surface area contributed by atoms with E-state index in [1.807, 2.05) is 26.0 Å². The first-order valence-electron chi connectivity index (χ1n) is 4.90. The van der Waals surface area contributed by atoms with Gasteiger partial charge in [-0.15, -0.1) is 0 Å². The SMILES string of the molecule is Cc1cc(C)cc(N(C)C(=N)N=C(N)N)c1.